The molecule has 0 amide bonds. The first-order valence-electron chi connectivity index (χ1n) is 2.20. The van der Waals surface area contributed by atoms with Crippen molar-refractivity contribution in [3.63, 3.8) is 0 Å². The molecule has 0 rings (SSSR count). The first-order valence-corrected chi connectivity index (χ1v) is 3.37. The van der Waals surface area contributed by atoms with Gasteiger partial charge in [-0.3, -0.25) is 0 Å². The normalized spacial score (nSPS) is 10.3. The van der Waals surface area contributed by atoms with E-state index in [1.807, 2.05) is 14.1 Å². The van der Waals surface area contributed by atoms with Crippen LogP contribution in [0.25, 0.3) is 0 Å². The van der Waals surface area contributed by atoms with E-state index in [0.717, 1.165) is 36.1 Å². The average molecular weight is 207 g/mol. The number of hydrogen-bond acceptors (Lipinski definition) is 2. The van der Waals surface area contributed by atoms with E-state index in [4.69, 9.17) is 3.07 Å². The zero-order chi connectivity index (χ0) is 5.70. The second kappa shape index (κ2) is 4.87. The zero-order valence-electron chi connectivity index (χ0n) is 4.77. The topological polar surface area (TPSA) is 12.5 Å². The van der Waals surface area contributed by atoms with Gasteiger partial charge in [0, 0.05) is 0 Å². The first-order chi connectivity index (χ1) is 3.27. The van der Waals surface area contributed by atoms with Gasteiger partial charge in [-0.2, -0.15) is 0 Å². The molecule has 0 aromatic carbocycles. The van der Waals surface area contributed by atoms with Crippen LogP contribution in [0.5, 0.6) is 0 Å². The molecule has 0 spiro atoms. The third-order valence-corrected chi connectivity index (χ3v) is 1.22. The van der Waals surface area contributed by atoms with Crippen molar-refractivity contribution in [3.8, 4) is 0 Å². The summed E-state index contributed by atoms with van der Waals surface area (Å²) in [5.41, 5.74) is 0. The van der Waals surface area contributed by atoms with E-state index >= 15 is 0 Å². The number of likely N-dealkylation sites (N-methyl/N-ethyl adjacent to an activating group) is 1. The molecule has 0 heterocycles. The molecular formula is C4H10NOSn. The van der Waals surface area contributed by atoms with Gasteiger partial charge in [0.2, 0.25) is 0 Å². The summed E-state index contributed by atoms with van der Waals surface area (Å²) in [6, 6.07) is 0. The molecule has 0 aromatic rings. The molecule has 0 unspecified atom stereocenters. The minimum atomic E-state index is 0.866. The van der Waals surface area contributed by atoms with Crippen LogP contribution in [0, 0.1) is 0 Å². The standard InChI is InChI=1S/C4H10NO.Sn/c1-5(2)3-4-6;/h3-4H2,1-2H3;/q-1;+1. The fourth-order valence-corrected chi connectivity index (χ4v) is 0.489. The van der Waals surface area contributed by atoms with Crippen LogP contribution in [0.2, 0.25) is 0 Å². The molecule has 0 aliphatic rings. The van der Waals surface area contributed by atoms with Crippen LogP contribution in [0.4, 0.5) is 0 Å². The van der Waals surface area contributed by atoms with Crippen molar-refractivity contribution in [1.29, 1.82) is 0 Å². The maximum atomic E-state index is 4.90. The van der Waals surface area contributed by atoms with Gasteiger partial charge in [0.15, 0.2) is 0 Å². The van der Waals surface area contributed by atoms with Crippen LogP contribution in [-0.4, -0.2) is 55.1 Å². The molecule has 2 nitrogen and oxygen atoms in total. The number of hydrogen-bond donors (Lipinski definition) is 0. The van der Waals surface area contributed by atoms with E-state index in [-0.39, 0.29) is 0 Å². The van der Waals surface area contributed by atoms with E-state index in [0.29, 0.717) is 0 Å². The van der Waals surface area contributed by atoms with Crippen LogP contribution in [0.15, 0.2) is 0 Å². The molecule has 41 valence electrons. The molecule has 0 saturated carbocycles. The summed E-state index contributed by atoms with van der Waals surface area (Å²) in [6.45, 7) is 1.90. The Labute approximate surface area is 58.5 Å². The summed E-state index contributed by atoms with van der Waals surface area (Å²) in [4.78, 5) is 2.10. The maximum absolute atomic E-state index is 4.90. The summed E-state index contributed by atoms with van der Waals surface area (Å²) < 4.78 is 4.90. The molecule has 0 bridgehead atoms. The Kier molecular flexibility index (Phi) is 5.37. The molecular weight excluding hydrogens is 197 g/mol. The number of rotatable bonds is 3. The molecule has 0 saturated heterocycles. The molecule has 0 atom stereocenters. The van der Waals surface area contributed by atoms with Gasteiger partial charge in [-0.15, -0.1) is 0 Å². The van der Waals surface area contributed by atoms with Gasteiger partial charge in [0.1, 0.15) is 0 Å². The van der Waals surface area contributed by atoms with Gasteiger partial charge in [0.25, 0.3) is 0 Å². The van der Waals surface area contributed by atoms with Crippen molar-refractivity contribution in [2.45, 2.75) is 0 Å². The third-order valence-electron chi connectivity index (χ3n) is 0.641. The van der Waals surface area contributed by atoms with Gasteiger partial charge in [-0.25, -0.2) is 0 Å². The van der Waals surface area contributed by atoms with E-state index in [1.54, 1.807) is 0 Å². The molecule has 0 N–H and O–H groups in total. The van der Waals surface area contributed by atoms with Gasteiger partial charge in [0.05, 0.1) is 0 Å². The molecule has 0 aliphatic heterocycles. The van der Waals surface area contributed by atoms with Crippen molar-refractivity contribution in [1.82, 2.24) is 4.90 Å². The van der Waals surface area contributed by atoms with Crippen molar-refractivity contribution in [2.24, 2.45) is 0 Å². The fourth-order valence-electron chi connectivity index (χ4n) is 0.228. The predicted molar refractivity (Wildman–Crippen MR) is 30.3 cm³/mol. The van der Waals surface area contributed by atoms with E-state index in [2.05, 4.69) is 4.90 Å². The summed E-state index contributed by atoms with van der Waals surface area (Å²) in [7, 11) is 4.07. The van der Waals surface area contributed by atoms with E-state index in [1.165, 1.54) is 0 Å². The van der Waals surface area contributed by atoms with Gasteiger partial charge in [-0.1, -0.05) is 0 Å². The first kappa shape index (κ1) is 7.72. The Hall–Kier alpha value is 0.719. The Balaban J connectivity index is 2.68. The fraction of sp³-hybridized carbons (Fsp3) is 1.00. The summed E-state index contributed by atoms with van der Waals surface area (Å²) >= 11 is 1.16. The summed E-state index contributed by atoms with van der Waals surface area (Å²) in [5.74, 6) is 0. The Morgan fingerprint density at radius 3 is 2.29 bits per heavy atom. The molecule has 0 aliphatic carbocycles. The monoisotopic (exact) mass is 208 g/mol. The van der Waals surface area contributed by atoms with Crippen LogP contribution in [0.3, 0.4) is 0 Å². The third kappa shape index (κ3) is 6.72. The average Bonchev–Trinajstić information content (AvgIpc) is 1.61. The predicted octanol–water partition coefficient (Wildman–Crippen LogP) is -0.352. The van der Waals surface area contributed by atoms with Crippen molar-refractivity contribution >= 4 is 22.9 Å². The van der Waals surface area contributed by atoms with Gasteiger partial charge >= 0.3 is 58.2 Å². The Morgan fingerprint density at radius 2 is 2.14 bits per heavy atom. The van der Waals surface area contributed by atoms with Gasteiger partial charge in [-0.05, 0) is 0 Å². The molecule has 0 fully saturated rings. The second-order valence-electron chi connectivity index (χ2n) is 1.65. The van der Waals surface area contributed by atoms with E-state index in [9.17, 15) is 0 Å². The van der Waals surface area contributed by atoms with Gasteiger partial charge < -0.3 is 0 Å². The van der Waals surface area contributed by atoms with Crippen molar-refractivity contribution in [2.75, 3.05) is 27.2 Å². The Morgan fingerprint density at radius 1 is 1.57 bits per heavy atom. The van der Waals surface area contributed by atoms with Crippen molar-refractivity contribution in [3.05, 3.63) is 0 Å². The second-order valence-corrected chi connectivity index (χ2v) is 2.48. The molecule has 3 radical (unpaired) electrons. The van der Waals surface area contributed by atoms with Crippen LogP contribution in [-0.2, 0) is 3.07 Å². The van der Waals surface area contributed by atoms with Crippen molar-refractivity contribution < 1.29 is 3.07 Å². The van der Waals surface area contributed by atoms with Crippen LogP contribution < -0.4 is 0 Å². The SMILES string of the molecule is CN(C)CC[O][Sn]. The van der Waals surface area contributed by atoms with Crippen LogP contribution >= 0.6 is 0 Å². The van der Waals surface area contributed by atoms with Crippen LogP contribution in [0.1, 0.15) is 0 Å². The summed E-state index contributed by atoms with van der Waals surface area (Å²) in [5, 5.41) is 0. The zero-order valence-corrected chi connectivity index (χ0v) is 7.62. The summed E-state index contributed by atoms with van der Waals surface area (Å²) in [6.07, 6.45) is 0. The quantitative estimate of drug-likeness (QED) is 0.586. The molecule has 7 heavy (non-hydrogen) atoms. The minimum absolute atomic E-state index is 0.866. The van der Waals surface area contributed by atoms with E-state index < -0.39 is 0 Å². The number of nitrogens with zero attached hydrogens (tertiary/aromatic N) is 1. The molecule has 0 aromatic heterocycles. The Bertz CT molecular complexity index is 40.7. The molecule has 3 heteroatoms.